The van der Waals surface area contributed by atoms with Gasteiger partial charge in [0.25, 0.3) is 0 Å². The Morgan fingerprint density at radius 3 is 2.50 bits per heavy atom. The molecule has 10 heteroatoms. The SMILES string of the molecule is CC(NC(=O)Nc1cc(N)c(C(=N)c2cnc(-n3cccn3)nc2)cn1)c1ccccc1. The molecule has 0 bridgehead atoms. The van der Waals surface area contributed by atoms with Gasteiger partial charge < -0.3 is 11.1 Å². The standard InChI is InChI=1S/C22H21N9O/c1-14(15-6-3-2-4-7-15)29-22(32)30-19-10-18(23)17(13-25-19)20(24)16-11-26-21(27-12-16)31-9-5-8-28-31/h2-14,24H,1H3,(H4,23,25,29,30,32). The molecule has 1 atom stereocenters. The zero-order chi connectivity index (χ0) is 22.5. The Kier molecular flexibility index (Phi) is 5.84. The van der Waals surface area contributed by atoms with Crippen LogP contribution in [0, 0.1) is 5.41 Å². The molecule has 1 unspecified atom stereocenters. The minimum atomic E-state index is -0.404. The average Bonchev–Trinajstić information content (AvgIpc) is 3.34. The average molecular weight is 427 g/mol. The molecule has 0 radical (unpaired) electrons. The predicted octanol–water partition coefficient (Wildman–Crippen LogP) is 2.94. The Morgan fingerprint density at radius 1 is 1.09 bits per heavy atom. The van der Waals surface area contributed by atoms with Gasteiger partial charge in [-0.25, -0.2) is 24.4 Å². The van der Waals surface area contributed by atoms with Gasteiger partial charge in [0.2, 0.25) is 5.95 Å². The molecule has 5 N–H and O–H groups in total. The number of nitrogens with zero attached hydrogens (tertiary/aromatic N) is 5. The molecule has 0 aliphatic carbocycles. The van der Waals surface area contributed by atoms with Gasteiger partial charge in [0.1, 0.15) is 5.82 Å². The van der Waals surface area contributed by atoms with Crippen molar-refractivity contribution in [2.75, 3.05) is 11.1 Å². The van der Waals surface area contributed by atoms with E-state index >= 15 is 0 Å². The van der Waals surface area contributed by atoms with Gasteiger partial charge >= 0.3 is 6.03 Å². The van der Waals surface area contributed by atoms with E-state index in [4.69, 9.17) is 11.1 Å². The van der Waals surface area contributed by atoms with Crippen molar-refractivity contribution in [3.05, 3.63) is 90.1 Å². The number of urea groups is 1. The monoisotopic (exact) mass is 427 g/mol. The highest BCUT2D eigenvalue weighted by atomic mass is 16.2. The summed E-state index contributed by atoms with van der Waals surface area (Å²) in [6.07, 6.45) is 7.84. The van der Waals surface area contributed by atoms with Crippen LogP contribution in [0.25, 0.3) is 5.95 Å². The van der Waals surface area contributed by atoms with Gasteiger partial charge in [-0.1, -0.05) is 30.3 Å². The number of benzene rings is 1. The normalized spacial score (nSPS) is 11.5. The Bertz CT molecular complexity index is 1220. The van der Waals surface area contributed by atoms with Crippen LogP contribution < -0.4 is 16.4 Å². The molecule has 10 nitrogen and oxygen atoms in total. The zero-order valence-electron chi connectivity index (χ0n) is 17.2. The summed E-state index contributed by atoms with van der Waals surface area (Å²) in [5.74, 6) is 0.676. The number of hydrogen-bond donors (Lipinski definition) is 4. The van der Waals surface area contributed by atoms with Crippen molar-refractivity contribution in [1.29, 1.82) is 5.41 Å². The number of pyridine rings is 1. The van der Waals surface area contributed by atoms with Crippen molar-refractivity contribution in [3.8, 4) is 5.95 Å². The lowest BCUT2D eigenvalue weighted by atomic mass is 10.1. The summed E-state index contributed by atoms with van der Waals surface area (Å²) in [7, 11) is 0. The van der Waals surface area contributed by atoms with E-state index in [9.17, 15) is 4.79 Å². The van der Waals surface area contributed by atoms with E-state index in [0.29, 0.717) is 22.8 Å². The molecule has 0 saturated heterocycles. The molecule has 32 heavy (non-hydrogen) atoms. The number of nitrogens with two attached hydrogens (primary N) is 1. The van der Waals surface area contributed by atoms with Gasteiger partial charge in [-0.05, 0) is 18.6 Å². The number of hydrogen-bond acceptors (Lipinski definition) is 7. The topological polar surface area (TPSA) is 147 Å². The number of amides is 2. The largest absolute Gasteiger partial charge is 0.398 e. The van der Waals surface area contributed by atoms with Crippen molar-refractivity contribution in [2.45, 2.75) is 13.0 Å². The van der Waals surface area contributed by atoms with E-state index < -0.39 is 6.03 Å². The highest BCUT2D eigenvalue weighted by Crippen LogP contribution is 2.19. The third kappa shape index (κ3) is 4.59. The maximum atomic E-state index is 12.3. The quantitative estimate of drug-likeness (QED) is 0.348. The highest BCUT2D eigenvalue weighted by molar-refractivity contribution is 6.13. The fourth-order valence-electron chi connectivity index (χ4n) is 3.03. The second-order valence-corrected chi connectivity index (χ2v) is 6.98. The molecule has 160 valence electrons. The van der Waals surface area contributed by atoms with E-state index in [1.54, 1.807) is 18.5 Å². The van der Waals surface area contributed by atoms with Gasteiger partial charge in [-0.3, -0.25) is 10.7 Å². The zero-order valence-corrected chi connectivity index (χ0v) is 17.2. The van der Waals surface area contributed by atoms with E-state index in [1.807, 2.05) is 37.3 Å². The molecule has 0 aliphatic rings. The summed E-state index contributed by atoms with van der Waals surface area (Å²) in [5.41, 5.74) is 8.42. The molecule has 1 aromatic carbocycles. The number of aromatic nitrogens is 5. The van der Waals surface area contributed by atoms with Gasteiger partial charge in [0.15, 0.2) is 0 Å². The molecule has 4 aromatic rings. The summed E-state index contributed by atoms with van der Waals surface area (Å²) in [6.45, 7) is 1.89. The number of carbonyl (C=O) groups excluding carboxylic acids is 1. The lowest BCUT2D eigenvalue weighted by molar-refractivity contribution is 0.249. The third-order valence-electron chi connectivity index (χ3n) is 4.73. The van der Waals surface area contributed by atoms with Crippen LogP contribution in [0.5, 0.6) is 0 Å². The number of nitrogen functional groups attached to an aromatic ring is 1. The molecule has 4 rings (SSSR count). The van der Waals surface area contributed by atoms with Crippen molar-refractivity contribution in [1.82, 2.24) is 30.0 Å². The van der Waals surface area contributed by atoms with E-state index in [1.165, 1.54) is 29.3 Å². The van der Waals surface area contributed by atoms with Crippen LogP contribution in [0.15, 0.2) is 73.4 Å². The summed E-state index contributed by atoms with van der Waals surface area (Å²) in [5, 5.41) is 18.0. The minimum Gasteiger partial charge on any atom is -0.398 e. The summed E-state index contributed by atoms with van der Waals surface area (Å²) < 4.78 is 1.52. The van der Waals surface area contributed by atoms with E-state index in [-0.39, 0.29) is 17.6 Å². The second-order valence-electron chi connectivity index (χ2n) is 6.98. The van der Waals surface area contributed by atoms with Crippen LogP contribution in [0.3, 0.4) is 0 Å². The Morgan fingerprint density at radius 2 is 1.84 bits per heavy atom. The first-order chi connectivity index (χ1) is 15.5. The van der Waals surface area contributed by atoms with Gasteiger partial charge in [0.05, 0.1) is 11.8 Å². The van der Waals surface area contributed by atoms with Gasteiger partial charge in [-0.2, -0.15) is 5.10 Å². The molecule has 2 amide bonds. The number of rotatable bonds is 6. The molecule has 0 spiro atoms. The smallest absolute Gasteiger partial charge is 0.320 e. The minimum absolute atomic E-state index is 0.121. The van der Waals surface area contributed by atoms with Crippen LogP contribution in [0.1, 0.15) is 29.7 Å². The molecular formula is C22H21N9O. The highest BCUT2D eigenvalue weighted by Gasteiger charge is 2.14. The second kappa shape index (κ2) is 9.04. The van der Waals surface area contributed by atoms with Crippen LogP contribution in [-0.4, -0.2) is 36.5 Å². The summed E-state index contributed by atoms with van der Waals surface area (Å²) in [4.78, 5) is 25.0. The molecule has 0 aliphatic heterocycles. The summed E-state index contributed by atoms with van der Waals surface area (Å²) in [6, 6.07) is 12.3. The molecule has 3 aromatic heterocycles. The van der Waals surface area contributed by atoms with Crippen LogP contribution in [-0.2, 0) is 0 Å². The maximum absolute atomic E-state index is 12.3. The van der Waals surface area contributed by atoms with Crippen LogP contribution in [0.2, 0.25) is 0 Å². The Balaban J connectivity index is 1.42. The molecule has 3 heterocycles. The van der Waals surface area contributed by atoms with Crippen molar-refractivity contribution >= 4 is 23.2 Å². The third-order valence-corrected chi connectivity index (χ3v) is 4.73. The van der Waals surface area contributed by atoms with Crippen molar-refractivity contribution < 1.29 is 4.79 Å². The van der Waals surface area contributed by atoms with Crippen molar-refractivity contribution in [3.63, 3.8) is 0 Å². The Hall–Kier alpha value is -4.60. The molecular weight excluding hydrogens is 406 g/mol. The van der Waals surface area contributed by atoms with Crippen LogP contribution >= 0.6 is 0 Å². The fourth-order valence-corrected chi connectivity index (χ4v) is 3.03. The van der Waals surface area contributed by atoms with Crippen molar-refractivity contribution in [2.24, 2.45) is 0 Å². The predicted molar refractivity (Wildman–Crippen MR) is 121 cm³/mol. The number of anilines is 2. The van der Waals surface area contributed by atoms with Crippen LogP contribution in [0.4, 0.5) is 16.3 Å². The fraction of sp³-hybridized carbons (Fsp3) is 0.0909. The number of nitrogens with one attached hydrogen (secondary N) is 3. The lowest BCUT2D eigenvalue weighted by Gasteiger charge is -2.15. The lowest BCUT2D eigenvalue weighted by Crippen LogP contribution is -2.31. The number of carbonyl (C=O) groups is 1. The first-order valence-corrected chi connectivity index (χ1v) is 9.80. The molecule has 0 fully saturated rings. The summed E-state index contributed by atoms with van der Waals surface area (Å²) >= 11 is 0. The van der Waals surface area contributed by atoms with E-state index in [0.717, 1.165) is 5.56 Å². The Labute approximate surface area is 184 Å². The first kappa shape index (κ1) is 20.7. The maximum Gasteiger partial charge on any atom is 0.320 e. The van der Waals surface area contributed by atoms with Gasteiger partial charge in [-0.15, -0.1) is 0 Å². The molecule has 0 saturated carbocycles. The first-order valence-electron chi connectivity index (χ1n) is 9.80. The van der Waals surface area contributed by atoms with Gasteiger partial charge in [0, 0.05) is 53.9 Å². The van der Waals surface area contributed by atoms with E-state index in [2.05, 4.69) is 30.7 Å².